The fourth-order valence-electron chi connectivity index (χ4n) is 2.01. The van der Waals surface area contributed by atoms with Gasteiger partial charge >= 0.3 is 0 Å². The third-order valence-electron chi connectivity index (χ3n) is 2.97. The number of benzene rings is 1. The number of hydrogen-bond acceptors (Lipinski definition) is 3. The van der Waals surface area contributed by atoms with Crippen molar-refractivity contribution in [3.05, 3.63) is 34.6 Å². The highest BCUT2D eigenvalue weighted by atomic mass is 35.5. The molecular formula is C12H12ClFN2OS. The summed E-state index contributed by atoms with van der Waals surface area (Å²) in [5, 5.41) is 9.51. The van der Waals surface area contributed by atoms with E-state index in [1.165, 1.54) is 12.1 Å². The van der Waals surface area contributed by atoms with Gasteiger partial charge in [-0.25, -0.2) is 4.39 Å². The Morgan fingerprint density at radius 2 is 2.11 bits per heavy atom. The monoisotopic (exact) mass is 286 g/mol. The Morgan fingerprint density at radius 3 is 2.67 bits per heavy atom. The smallest absolute Gasteiger partial charge is 0.130 e. The number of nitriles is 1. The summed E-state index contributed by atoms with van der Waals surface area (Å²) in [5.74, 6) is 0.565. The van der Waals surface area contributed by atoms with Crippen molar-refractivity contribution in [2.45, 2.75) is 6.04 Å². The van der Waals surface area contributed by atoms with Crippen molar-refractivity contribution < 1.29 is 8.60 Å². The van der Waals surface area contributed by atoms with Gasteiger partial charge in [0.15, 0.2) is 0 Å². The van der Waals surface area contributed by atoms with Gasteiger partial charge in [0, 0.05) is 46.0 Å². The van der Waals surface area contributed by atoms with Gasteiger partial charge in [0.05, 0.1) is 6.07 Å². The molecule has 1 fully saturated rings. The molecule has 96 valence electrons. The highest BCUT2D eigenvalue weighted by Gasteiger charge is 2.28. The molecule has 6 heteroatoms. The molecule has 1 heterocycles. The highest BCUT2D eigenvalue weighted by molar-refractivity contribution is 7.85. The van der Waals surface area contributed by atoms with Crippen LogP contribution in [0.3, 0.4) is 0 Å². The summed E-state index contributed by atoms with van der Waals surface area (Å²) in [4.78, 5) is 1.83. The molecule has 0 aromatic heterocycles. The van der Waals surface area contributed by atoms with E-state index in [-0.39, 0.29) is 10.6 Å². The van der Waals surface area contributed by atoms with Crippen LogP contribution in [-0.4, -0.2) is 33.7 Å². The average Bonchev–Trinajstić information content (AvgIpc) is 2.35. The van der Waals surface area contributed by atoms with E-state index in [0.717, 1.165) is 0 Å². The van der Waals surface area contributed by atoms with Crippen LogP contribution in [0.2, 0.25) is 5.02 Å². The predicted octanol–water partition coefficient (Wildman–Crippen LogP) is 2.11. The Bertz CT molecular complexity index is 487. The lowest BCUT2D eigenvalue weighted by molar-refractivity contribution is 0.254. The normalized spacial score (nSPS) is 19.4. The number of rotatable bonds is 2. The Balaban J connectivity index is 2.29. The molecule has 1 saturated heterocycles. The number of hydrogen-bond donors (Lipinski definition) is 0. The van der Waals surface area contributed by atoms with Crippen molar-refractivity contribution in [3.8, 4) is 6.07 Å². The highest BCUT2D eigenvalue weighted by Crippen LogP contribution is 2.30. The van der Waals surface area contributed by atoms with Crippen molar-refractivity contribution in [2.75, 3.05) is 24.6 Å². The molecule has 1 atom stereocenters. The molecule has 0 radical (unpaired) electrons. The van der Waals surface area contributed by atoms with E-state index < -0.39 is 22.7 Å². The second-order valence-electron chi connectivity index (χ2n) is 4.05. The molecule has 1 aliphatic heterocycles. The molecule has 0 bridgehead atoms. The molecule has 1 aromatic carbocycles. The van der Waals surface area contributed by atoms with Crippen molar-refractivity contribution in [3.63, 3.8) is 0 Å². The lowest BCUT2D eigenvalue weighted by Gasteiger charge is -2.30. The molecule has 1 unspecified atom stereocenters. The van der Waals surface area contributed by atoms with Gasteiger partial charge in [-0.3, -0.25) is 9.11 Å². The van der Waals surface area contributed by atoms with E-state index in [9.17, 15) is 13.9 Å². The first-order valence-corrected chi connectivity index (χ1v) is 7.42. The maximum atomic E-state index is 13.8. The Morgan fingerprint density at radius 1 is 1.44 bits per heavy atom. The summed E-state index contributed by atoms with van der Waals surface area (Å²) in [6.45, 7) is 1.05. The molecule has 1 aliphatic rings. The molecule has 0 aliphatic carbocycles. The Kier molecular flexibility index (Phi) is 4.33. The van der Waals surface area contributed by atoms with Gasteiger partial charge in [0.25, 0.3) is 0 Å². The molecule has 0 saturated carbocycles. The van der Waals surface area contributed by atoms with E-state index in [2.05, 4.69) is 6.07 Å². The van der Waals surface area contributed by atoms with E-state index in [0.29, 0.717) is 24.6 Å². The molecule has 0 spiro atoms. The van der Waals surface area contributed by atoms with Crippen molar-refractivity contribution in [1.29, 1.82) is 5.26 Å². The molecular weight excluding hydrogens is 275 g/mol. The van der Waals surface area contributed by atoms with Crippen LogP contribution in [0.5, 0.6) is 0 Å². The summed E-state index contributed by atoms with van der Waals surface area (Å²) in [6.07, 6.45) is 0. The lowest BCUT2D eigenvalue weighted by Crippen LogP contribution is -2.40. The van der Waals surface area contributed by atoms with Gasteiger partial charge in [-0.05, 0) is 12.1 Å². The SMILES string of the molecule is N#CC(c1c(F)cccc1Cl)N1CCS(=O)CC1. The van der Waals surface area contributed by atoms with Crippen LogP contribution in [0.25, 0.3) is 0 Å². The van der Waals surface area contributed by atoms with E-state index >= 15 is 0 Å². The average molecular weight is 287 g/mol. The topological polar surface area (TPSA) is 44.1 Å². The summed E-state index contributed by atoms with van der Waals surface area (Å²) in [6, 6.07) is 5.76. The molecule has 2 rings (SSSR count). The lowest BCUT2D eigenvalue weighted by atomic mass is 10.1. The summed E-state index contributed by atoms with van der Waals surface area (Å²) < 4.78 is 25.1. The Hall–Kier alpha value is -0.960. The minimum atomic E-state index is -0.824. The fraction of sp³-hybridized carbons (Fsp3) is 0.417. The molecule has 0 amide bonds. The van der Waals surface area contributed by atoms with Crippen molar-refractivity contribution >= 4 is 22.4 Å². The molecule has 3 nitrogen and oxygen atoms in total. The van der Waals surface area contributed by atoms with Crippen LogP contribution in [0.15, 0.2) is 18.2 Å². The minimum absolute atomic E-state index is 0.217. The Labute approximate surface area is 113 Å². The second-order valence-corrected chi connectivity index (χ2v) is 6.15. The maximum Gasteiger partial charge on any atom is 0.130 e. The molecule has 1 aromatic rings. The summed E-state index contributed by atoms with van der Waals surface area (Å²) in [7, 11) is -0.824. The van der Waals surface area contributed by atoms with Crippen LogP contribution < -0.4 is 0 Å². The first kappa shape index (κ1) is 13.5. The standard InChI is InChI=1S/C12H12ClFN2OS/c13-9-2-1-3-10(14)12(9)11(8-15)16-4-6-18(17)7-5-16/h1-3,11H,4-7H2. The first-order chi connectivity index (χ1) is 8.63. The second kappa shape index (κ2) is 5.79. The molecule has 0 N–H and O–H groups in total. The molecule has 18 heavy (non-hydrogen) atoms. The largest absolute Gasteiger partial charge is 0.282 e. The van der Waals surface area contributed by atoms with Gasteiger partial charge < -0.3 is 0 Å². The third kappa shape index (κ3) is 2.72. The van der Waals surface area contributed by atoms with Gasteiger partial charge in [0.1, 0.15) is 11.9 Å². The van der Waals surface area contributed by atoms with Crippen LogP contribution in [0.4, 0.5) is 4.39 Å². The van der Waals surface area contributed by atoms with E-state index in [4.69, 9.17) is 11.6 Å². The predicted molar refractivity (Wildman–Crippen MR) is 69.2 cm³/mol. The van der Waals surface area contributed by atoms with Gasteiger partial charge in [-0.15, -0.1) is 0 Å². The zero-order chi connectivity index (χ0) is 13.1. The maximum absolute atomic E-state index is 13.8. The number of nitrogens with zero attached hydrogens (tertiary/aromatic N) is 2. The van der Waals surface area contributed by atoms with Crippen molar-refractivity contribution in [1.82, 2.24) is 4.90 Å². The zero-order valence-corrected chi connectivity index (χ0v) is 11.2. The zero-order valence-electron chi connectivity index (χ0n) is 9.60. The minimum Gasteiger partial charge on any atom is -0.282 e. The van der Waals surface area contributed by atoms with Crippen molar-refractivity contribution in [2.24, 2.45) is 0 Å². The summed E-state index contributed by atoms with van der Waals surface area (Å²) in [5.41, 5.74) is 0.217. The number of halogens is 2. The van der Waals surface area contributed by atoms with Gasteiger partial charge in [-0.1, -0.05) is 17.7 Å². The quantitative estimate of drug-likeness (QED) is 0.836. The van der Waals surface area contributed by atoms with E-state index in [1.54, 1.807) is 6.07 Å². The van der Waals surface area contributed by atoms with E-state index in [1.807, 2.05) is 4.90 Å². The van der Waals surface area contributed by atoms with Gasteiger partial charge in [0.2, 0.25) is 0 Å². The van der Waals surface area contributed by atoms with Crippen LogP contribution in [-0.2, 0) is 10.8 Å². The third-order valence-corrected chi connectivity index (χ3v) is 4.58. The fourth-order valence-corrected chi connectivity index (χ4v) is 3.36. The van der Waals surface area contributed by atoms with Gasteiger partial charge in [-0.2, -0.15) is 5.26 Å². The van der Waals surface area contributed by atoms with Crippen LogP contribution >= 0.6 is 11.6 Å². The van der Waals surface area contributed by atoms with Crippen LogP contribution in [0, 0.1) is 17.1 Å². The van der Waals surface area contributed by atoms with Crippen LogP contribution in [0.1, 0.15) is 11.6 Å². The first-order valence-electron chi connectivity index (χ1n) is 5.56. The summed E-state index contributed by atoms with van der Waals surface area (Å²) >= 11 is 5.97.